The first kappa shape index (κ1) is 14.5. The quantitative estimate of drug-likeness (QED) is 0.760. The van der Waals surface area contributed by atoms with E-state index in [0.717, 1.165) is 11.1 Å². The average Bonchev–Trinajstić information content (AvgIpc) is 2.57. The highest BCUT2D eigenvalue weighted by Crippen LogP contribution is 2.33. The molecule has 0 aliphatic rings. The maximum atomic E-state index is 13.2. The highest BCUT2D eigenvalue weighted by atomic mass is 19.1. The van der Waals surface area contributed by atoms with Crippen LogP contribution in [0.1, 0.15) is 16.7 Å². The zero-order chi connectivity index (χ0) is 15.4. The van der Waals surface area contributed by atoms with Crippen LogP contribution in [0.3, 0.4) is 0 Å². The number of hydrogen-bond donors (Lipinski definition) is 1. The monoisotopic (exact) mass is 292 g/mol. The van der Waals surface area contributed by atoms with Crippen molar-refractivity contribution in [3.05, 3.63) is 107 Å². The molecule has 2 heteroatoms. The van der Waals surface area contributed by atoms with Crippen LogP contribution >= 0.6 is 0 Å². The van der Waals surface area contributed by atoms with Crippen LogP contribution in [0, 0.1) is 5.82 Å². The Morgan fingerprint density at radius 2 is 1.18 bits per heavy atom. The van der Waals surface area contributed by atoms with Crippen LogP contribution in [-0.2, 0) is 12.0 Å². The van der Waals surface area contributed by atoms with Crippen molar-refractivity contribution in [3.8, 4) is 0 Å². The van der Waals surface area contributed by atoms with E-state index in [9.17, 15) is 9.50 Å². The Bertz CT molecular complexity index is 723. The lowest BCUT2D eigenvalue weighted by atomic mass is 9.81. The summed E-state index contributed by atoms with van der Waals surface area (Å²) in [7, 11) is 0. The summed E-state index contributed by atoms with van der Waals surface area (Å²) in [6.45, 7) is 0. The van der Waals surface area contributed by atoms with Gasteiger partial charge >= 0.3 is 0 Å². The molecule has 0 spiro atoms. The molecule has 1 N–H and O–H groups in total. The van der Waals surface area contributed by atoms with Gasteiger partial charge in [0.2, 0.25) is 0 Å². The number of aliphatic hydroxyl groups is 1. The van der Waals surface area contributed by atoms with Crippen molar-refractivity contribution in [1.82, 2.24) is 0 Å². The molecule has 0 heterocycles. The molecule has 0 saturated carbocycles. The summed E-state index contributed by atoms with van der Waals surface area (Å²) in [6, 6.07) is 25.4. The highest BCUT2D eigenvalue weighted by molar-refractivity contribution is 5.38. The molecule has 22 heavy (non-hydrogen) atoms. The van der Waals surface area contributed by atoms with E-state index in [1.165, 1.54) is 12.1 Å². The van der Waals surface area contributed by atoms with Crippen molar-refractivity contribution in [2.45, 2.75) is 12.0 Å². The smallest absolute Gasteiger partial charge is 0.123 e. The lowest BCUT2D eigenvalue weighted by Crippen LogP contribution is -2.30. The first-order valence-corrected chi connectivity index (χ1v) is 7.26. The molecular weight excluding hydrogens is 275 g/mol. The van der Waals surface area contributed by atoms with Crippen LogP contribution in [0.25, 0.3) is 0 Å². The maximum absolute atomic E-state index is 13.2. The Balaban J connectivity index is 2.07. The minimum atomic E-state index is -1.18. The Labute approximate surface area is 129 Å². The fourth-order valence-electron chi connectivity index (χ4n) is 2.70. The zero-order valence-electron chi connectivity index (χ0n) is 12.1. The van der Waals surface area contributed by atoms with Gasteiger partial charge in [-0.05, 0) is 28.8 Å². The van der Waals surface area contributed by atoms with Crippen LogP contribution in [0.4, 0.5) is 4.39 Å². The largest absolute Gasteiger partial charge is 0.380 e. The van der Waals surface area contributed by atoms with Gasteiger partial charge in [-0.1, -0.05) is 72.8 Å². The van der Waals surface area contributed by atoms with Gasteiger partial charge in [0.25, 0.3) is 0 Å². The number of benzene rings is 3. The van der Waals surface area contributed by atoms with E-state index in [1.54, 1.807) is 12.1 Å². The van der Waals surface area contributed by atoms with Crippen molar-refractivity contribution in [1.29, 1.82) is 0 Å². The normalized spacial score (nSPS) is 13.5. The fraction of sp³-hybridized carbons (Fsp3) is 0.100. The lowest BCUT2D eigenvalue weighted by molar-refractivity contribution is 0.0811. The predicted molar refractivity (Wildman–Crippen MR) is 86.0 cm³/mol. The Morgan fingerprint density at radius 3 is 1.77 bits per heavy atom. The number of hydrogen-bond acceptors (Lipinski definition) is 1. The summed E-state index contributed by atoms with van der Waals surface area (Å²) in [5.41, 5.74) is 1.32. The third-order valence-corrected chi connectivity index (χ3v) is 3.88. The van der Waals surface area contributed by atoms with E-state index in [1.807, 2.05) is 60.7 Å². The van der Waals surface area contributed by atoms with Crippen molar-refractivity contribution in [2.75, 3.05) is 0 Å². The molecule has 1 atom stereocenters. The third-order valence-electron chi connectivity index (χ3n) is 3.88. The van der Waals surface area contributed by atoms with Crippen LogP contribution < -0.4 is 0 Å². The van der Waals surface area contributed by atoms with E-state index in [-0.39, 0.29) is 5.82 Å². The minimum Gasteiger partial charge on any atom is -0.380 e. The van der Waals surface area contributed by atoms with Gasteiger partial charge in [0.15, 0.2) is 0 Å². The molecule has 0 aliphatic heterocycles. The van der Waals surface area contributed by atoms with Crippen LogP contribution in [0.15, 0.2) is 84.9 Å². The van der Waals surface area contributed by atoms with Gasteiger partial charge in [-0.2, -0.15) is 0 Å². The predicted octanol–water partition coefficient (Wildman–Crippen LogP) is 4.30. The molecule has 0 amide bonds. The third kappa shape index (κ3) is 2.92. The second-order valence-corrected chi connectivity index (χ2v) is 5.40. The summed E-state index contributed by atoms with van der Waals surface area (Å²) < 4.78 is 13.2. The van der Waals surface area contributed by atoms with Gasteiger partial charge < -0.3 is 5.11 Å². The second-order valence-electron chi connectivity index (χ2n) is 5.40. The summed E-state index contributed by atoms with van der Waals surface area (Å²) in [5, 5.41) is 11.4. The Morgan fingerprint density at radius 1 is 0.682 bits per heavy atom. The van der Waals surface area contributed by atoms with E-state index < -0.39 is 5.60 Å². The summed E-state index contributed by atoms with van der Waals surface area (Å²) >= 11 is 0. The molecule has 0 fully saturated rings. The Hall–Kier alpha value is -2.45. The van der Waals surface area contributed by atoms with E-state index in [4.69, 9.17) is 0 Å². The molecule has 0 bridgehead atoms. The SMILES string of the molecule is OC(Cc1ccccc1)(c1ccccc1)c1ccc(F)cc1. The minimum absolute atomic E-state index is 0.307. The van der Waals surface area contributed by atoms with Gasteiger partial charge in [-0.25, -0.2) is 4.39 Å². The first-order valence-electron chi connectivity index (χ1n) is 7.26. The molecule has 110 valence electrons. The van der Waals surface area contributed by atoms with Gasteiger partial charge in [0.05, 0.1) is 0 Å². The van der Waals surface area contributed by atoms with Crippen molar-refractivity contribution in [2.24, 2.45) is 0 Å². The Kier molecular flexibility index (Phi) is 4.03. The van der Waals surface area contributed by atoms with Gasteiger partial charge in [-0.3, -0.25) is 0 Å². The highest BCUT2D eigenvalue weighted by Gasteiger charge is 2.31. The van der Waals surface area contributed by atoms with Gasteiger partial charge in [0.1, 0.15) is 11.4 Å². The summed E-state index contributed by atoms with van der Waals surface area (Å²) in [5.74, 6) is -0.307. The summed E-state index contributed by atoms with van der Waals surface area (Å²) in [6.07, 6.45) is 0.434. The maximum Gasteiger partial charge on any atom is 0.123 e. The molecule has 0 aromatic heterocycles. The van der Waals surface area contributed by atoms with E-state index >= 15 is 0 Å². The van der Waals surface area contributed by atoms with Crippen molar-refractivity contribution >= 4 is 0 Å². The first-order chi connectivity index (χ1) is 10.7. The molecule has 1 nitrogen and oxygen atoms in total. The molecular formula is C20H17FO. The van der Waals surface area contributed by atoms with Crippen molar-refractivity contribution < 1.29 is 9.50 Å². The van der Waals surface area contributed by atoms with Crippen molar-refractivity contribution in [3.63, 3.8) is 0 Å². The van der Waals surface area contributed by atoms with Crippen LogP contribution in [0.2, 0.25) is 0 Å². The van der Waals surface area contributed by atoms with Crippen LogP contribution in [-0.4, -0.2) is 5.11 Å². The van der Waals surface area contributed by atoms with E-state index in [0.29, 0.717) is 12.0 Å². The zero-order valence-corrected chi connectivity index (χ0v) is 12.1. The van der Waals surface area contributed by atoms with Gasteiger partial charge in [0, 0.05) is 6.42 Å². The average molecular weight is 292 g/mol. The molecule has 0 radical (unpaired) electrons. The standard InChI is InChI=1S/C20H17FO/c21-19-13-11-18(12-14-19)20(22,17-9-5-2-6-10-17)15-16-7-3-1-4-8-16/h1-14,22H,15H2. The topological polar surface area (TPSA) is 20.2 Å². The molecule has 3 aromatic rings. The molecule has 0 saturated heterocycles. The number of halogens is 1. The molecule has 3 aromatic carbocycles. The molecule has 1 unspecified atom stereocenters. The lowest BCUT2D eigenvalue weighted by Gasteiger charge is -2.29. The fourth-order valence-corrected chi connectivity index (χ4v) is 2.70. The molecule has 0 aliphatic carbocycles. The molecule has 3 rings (SSSR count). The van der Waals surface area contributed by atoms with Gasteiger partial charge in [-0.15, -0.1) is 0 Å². The second kappa shape index (κ2) is 6.12. The number of rotatable bonds is 4. The van der Waals surface area contributed by atoms with E-state index in [2.05, 4.69) is 0 Å². The van der Waals surface area contributed by atoms with Crippen LogP contribution in [0.5, 0.6) is 0 Å². The summed E-state index contributed by atoms with van der Waals surface area (Å²) in [4.78, 5) is 0.